The molecule has 60 heavy (non-hydrogen) atoms. The normalized spacial score (nSPS) is 22.9. The SMILES string of the molecule is N#Cc1ccc(OC2CCC(N3C(=O)CCC(N4C(=O)c5ccc(N6CCN(CC7CCN(c8cnc(C(N)=O)cn8)CC7)CC6)cc5C4=O)C3=O)CC2)c2cccnc12. The minimum atomic E-state index is -1.05. The van der Waals surface area contributed by atoms with Gasteiger partial charge in [0.15, 0.2) is 0 Å². The minimum absolute atomic E-state index is 0.0694. The number of amides is 5. The van der Waals surface area contributed by atoms with Gasteiger partial charge >= 0.3 is 0 Å². The molecule has 2 N–H and O–H groups in total. The van der Waals surface area contributed by atoms with E-state index in [9.17, 15) is 29.2 Å². The van der Waals surface area contributed by atoms with Gasteiger partial charge in [-0.15, -0.1) is 0 Å². The van der Waals surface area contributed by atoms with E-state index in [2.05, 4.69) is 35.7 Å². The highest BCUT2D eigenvalue weighted by Gasteiger charge is 2.49. The number of fused-ring (bicyclic) bond motifs is 2. The van der Waals surface area contributed by atoms with Gasteiger partial charge in [0.2, 0.25) is 5.91 Å². The van der Waals surface area contributed by atoms with E-state index in [1.165, 1.54) is 11.1 Å². The standard InChI is InChI=1S/C44H46N10O6/c45-23-28-3-11-37(33-2-1-15-47-40(28)33)60-31-7-4-29(5-8-31)53-39(55)12-10-36(44(53)59)54-42(57)32-9-6-30(22-34(32)43(54)58)51-20-18-50(19-21-51)26-27-13-16-52(17-14-27)38-25-48-35(24-49-38)41(46)56/h1-3,6,9,11,15,22,24-25,27,29,31,36H,4-5,7-8,10,12-14,16-21,26H2,(H2,46,56). The number of piperidine rings is 2. The Morgan fingerprint density at radius 3 is 2.28 bits per heavy atom. The van der Waals surface area contributed by atoms with Crippen LogP contribution < -0.4 is 20.3 Å². The van der Waals surface area contributed by atoms with Crippen molar-refractivity contribution >= 4 is 51.9 Å². The van der Waals surface area contributed by atoms with E-state index in [1.807, 2.05) is 12.1 Å². The molecule has 1 saturated carbocycles. The highest BCUT2D eigenvalue weighted by molar-refractivity contribution is 6.23. The summed E-state index contributed by atoms with van der Waals surface area (Å²) in [5.41, 5.74) is 7.94. The number of nitrogens with zero attached hydrogens (tertiary/aromatic N) is 9. The summed E-state index contributed by atoms with van der Waals surface area (Å²) in [6, 6.07) is 13.3. The summed E-state index contributed by atoms with van der Waals surface area (Å²) in [6.45, 7) is 6.02. The number of nitrogens with two attached hydrogens (primary N) is 1. The number of hydrogen-bond donors (Lipinski definition) is 1. The molecule has 1 aliphatic carbocycles. The van der Waals surface area contributed by atoms with Crippen LogP contribution in [0, 0.1) is 17.2 Å². The average Bonchev–Trinajstić information content (AvgIpc) is 3.52. The molecule has 4 fully saturated rings. The fourth-order valence-electron chi connectivity index (χ4n) is 9.59. The summed E-state index contributed by atoms with van der Waals surface area (Å²) in [4.78, 5) is 88.7. The Morgan fingerprint density at radius 2 is 1.57 bits per heavy atom. The molecule has 4 aromatic rings. The minimum Gasteiger partial charge on any atom is -0.490 e. The molecular weight excluding hydrogens is 765 g/mol. The van der Waals surface area contributed by atoms with Crippen molar-refractivity contribution < 1.29 is 28.7 Å². The molecule has 308 valence electrons. The van der Waals surface area contributed by atoms with Crippen LogP contribution in [-0.4, -0.2) is 123 Å². The summed E-state index contributed by atoms with van der Waals surface area (Å²) in [7, 11) is 0. The number of anilines is 2. The summed E-state index contributed by atoms with van der Waals surface area (Å²) in [5, 5.41) is 10.3. The average molecular weight is 811 g/mol. The first-order valence-corrected chi connectivity index (χ1v) is 20.8. The molecule has 3 saturated heterocycles. The van der Waals surface area contributed by atoms with Crippen molar-refractivity contribution in [1.82, 2.24) is 29.7 Å². The van der Waals surface area contributed by atoms with Crippen molar-refractivity contribution in [3.63, 3.8) is 0 Å². The Kier molecular flexibility index (Phi) is 10.6. The fourth-order valence-corrected chi connectivity index (χ4v) is 9.59. The van der Waals surface area contributed by atoms with E-state index in [0.29, 0.717) is 54.0 Å². The lowest BCUT2D eigenvalue weighted by Gasteiger charge is -2.41. The number of hydrogen-bond acceptors (Lipinski definition) is 13. The first-order valence-electron chi connectivity index (χ1n) is 20.8. The molecule has 4 aliphatic heterocycles. The van der Waals surface area contributed by atoms with Gasteiger partial charge in [0.1, 0.15) is 29.4 Å². The van der Waals surface area contributed by atoms with E-state index < -0.39 is 29.7 Å². The molecule has 5 amide bonds. The van der Waals surface area contributed by atoms with Gasteiger partial charge in [-0.05, 0) is 93.3 Å². The van der Waals surface area contributed by atoms with Crippen molar-refractivity contribution in [2.45, 2.75) is 69.6 Å². The number of ether oxygens (including phenoxy) is 1. The number of likely N-dealkylation sites (tertiary alicyclic amines) is 1. The lowest BCUT2D eigenvalue weighted by molar-refractivity contribution is -0.155. The smallest absolute Gasteiger partial charge is 0.268 e. The number of benzene rings is 2. The van der Waals surface area contributed by atoms with Crippen LogP contribution in [-0.2, 0) is 9.59 Å². The number of piperazine rings is 1. The molecule has 16 heteroatoms. The van der Waals surface area contributed by atoms with E-state index in [1.54, 1.807) is 42.7 Å². The Balaban J connectivity index is 0.783. The second kappa shape index (κ2) is 16.3. The number of imide groups is 2. The molecule has 5 aliphatic rings. The topological polar surface area (TPSA) is 199 Å². The third-order valence-electron chi connectivity index (χ3n) is 12.9. The molecule has 1 atom stereocenters. The maximum Gasteiger partial charge on any atom is 0.268 e. The zero-order valence-corrected chi connectivity index (χ0v) is 33.2. The maximum absolute atomic E-state index is 14.1. The van der Waals surface area contributed by atoms with Gasteiger partial charge < -0.3 is 20.3 Å². The van der Waals surface area contributed by atoms with Crippen molar-refractivity contribution in [2.75, 3.05) is 55.6 Å². The van der Waals surface area contributed by atoms with Gasteiger partial charge in [0.25, 0.3) is 23.6 Å². The number of rotatable bonds is 9. The number of nitriles is 1. The number of aromatic nitrogens is 3. The maximum atomic E-state index is 14.1. The molecule has 6 heterocycles. The molecule has 0 bridgehead atoms. The lowest BCUT2D eigenvalue weighted by atomic mass is 9.89. The lowest BCUT2D eigenvalue weighted by Crippen LogP contribution is -2.59. The fraction of sp³-hybridized carbons (Fsp3) is 0.432. The quantitative estimate of drug-likeness (QED) is 0.241. The van der Waals surface area contributed by atoms with Crippen LogP contribution in [0.2, 0.25) is 0 Å². The third-order valence-corrected chi connectivity index (χ3v) is 12.9. The second-order valence-corrected chi connectivity index (χ2v) is 16.4. The first-order chi connectivity index (χ1) is 29.2. The zero-order chi connectivity index (χ0) is 41.5. The predicted octanol–water partition coefficient (Wildman–Crippen LogP) is 3.54. The molecule has 9 rings (SSSR count). The summed E-state index contributed by atoms with van der Waals surface area (Å²) < 4.78 is 6.38. The van der Waals surface area contributed by atoms with Crippen LogP contribution in [0.1, 0.15) is 88.1 Å². The highest BCUT2D eigenvalue weighted by atomic mass is 16.5. The zero-order valence-electron chi connectivity index (χ0n) is 33.2. The molecule has 0 spiro atoms. The second-order valence-electron chi connectivity index (χ2n) is 16.4. The largest absolute Gasteiger partial charge is 0.490 e. The number of primary amides is 1. The first kappa shape index (κ1) is 39.0. The van der Waals surface area contributed by atoms with Gasteiger partial charge in [-0.3, -0.25) is 43.7 Å². The van der Waals surface area contributed by atoms with Crippen LogP contribution in [0.25, 0.3) is 10.9 Å². The van der Waals surface area contributed by atoms with Gasteiger partial charge in [0, 0.05) is 75.5 Å². The molecule has 2 aromatic carbocycles. The van der Waals surface area contributed by atoms with Crippen LogP contribution >= 0.6 is 0 Å². The van der Waals surface area contributed by atoms with Crippen LogP contribution in [0.4, 0.5) is 11.5 Å². The number of pyridine rings is 1. The van der Waals surface area contributed by atoms with Gasteiger partial charge in [0.05, 0.1) is 40.7 Å². The third kappa shape index (κ3) is 7.38. The van der Waals surface area contributed by atoms with E-state index in [0.717, 1.165) is 80.4 Å². The van der Waals surface area contributed by atoms with E-state index >= 15 is 0 Å². The van der Waals surface area contributed by atoms with Gasteiger partial charge in [-0.25, -0.2) is 9.97 Å². The summed E-state index contributed by atoms with van der Waals surface area (Å²) >= 11 is 0. The van der Waals surface area contributed by atoms with Crippen molar-refractivity contribution in [1.29, 1.82) is 5.26 Å². The van der Waals surface area contributed by atoms with Crippen LogP contribution in [0.15, 0.2) is 61.1 Å². The highest BCUT2D eigenvalue weighted by Crippen LogP contribution is 2.36. The summed E-state index contributed by atoms with van der Waals surface area (Å²) in [6.07, 6.45) is 9.01. The Hall–Kier alpha value is -6.47. The summed E-state index contributed by atoms with van der Waals surface area (Å²) in [5.74, 6) is -0.424. The van der Waals surface area contributed by atoms with Crippen molar-refractivity contribution in [3.8, 4) is 11.8 Å². The van der Waals surface area contributed by atoms with Gasteiger partial charge in [-0.2, -0.15) is 5.26 Å². The van der Waals surface area contributed by atoms with Crippen molar-refractivity contribution in [3.05, 3.63) is 83.4 Å². The van der Waals surface area contributed by atoms with Gasteiger partial charge in [-0.1, -0.05) is 0 Å². The van der Waals surface area contributed by atoms with Crippen LogP contribution in [0.3, 0.4) is 0 Å². The molecular formula is C44H46N10O6. The number of carbonyl (C=O) groups excluding carboxylic acids is 5. The molecule has 0 radical (unpaired) electrons. The predicted molar refractivity (Wildman–Crippen MR) is 219 cm³/mol. The Morgan fingerprint density at radius 1 is 0.800 bits per heavy atom. The molecule has 1 unspecified atom stereocenters. The Labute approximate surface area is 346 Å². The molecule has 2 aromatic heterocycles. The van der Waals surface area contributed by atoms with Crippen molar-refractivity contribution in [2.24, 2.45) is 11.7 Å². The monoisotopic (exact) mass is 810 g/mol. The van der Waals surface area contributed by atoms with E-state index in [-0.39, 0.29) is 42.2 Å². The number of carbonyl (C=O) groups is 5. The molecule has 16 nitrogen and oxygen atoms in total. The Bertz CT molecular complexity index is 2390. The van der Waals surface area contributed by atoms with E-state index in [4.69, 9.17) is 10.5 Å². The van der Waals surface area contributed by atoms with Crippen LogP contribution in [0.5, 0.6) is 5.75 Å².